The molecule has 1 aromatic heterocycles. The molecule has 6 heteroatoms. The maximum atomic E-state index is 13.8. The normalized spacial score (nSPS) is 12.9. The number of hydrogen-bond donors (Lipinski definition) is 1. The number of halogens is 3. The molecule has 0 saturated heterocycles. The average molecular weight is 283 g/mol. The third kappa shape index (κ3) is 2.85. The molecule has 0 bridgehead atoms. The fraction of sp³-hybridized carbons (Fsp3) is 0.357. The van der Waals surface area contributed by atoms with Crippen molar-refractivity contribution in [3.05, 3.63) is 47.8 Å². The van der Waals surface area contributed by atoms with E-state index in [2.05, 4.69) is 4.98 Å². The van der Waals surface area contributed by atoms with Crippen molar-refractivity contribution in [2.24, 2.45) is 11.7 Å². The Bertz CT molecular complexity index is 608. The Morgan fingerprint density at radius 3 is 2.60 bits per heavy atom. The van der Waals surface area contributed by atoms with Crippen molar-refractivity contribution in [3.8, 4) is 5.69 Å². The van der Waals surface area contributed by atoms with Gasteiger partial charge in [-0.1, -0.05) is 13.8 Å². The third-order valence-electron chi connectivity index (χ3n) is 3.01. The topological polar surface area (TPSA) is 43.8 Å². The van der Waals surface area contributed by atoms with E-state index in [9.17, 15) is 13.2 Å². The van der Waals surface area contributed by atoms with E-state index in [0.29, 0.717) is 24.1 Å². The summed E-state index contributed by atoms with van der Waals surface area (Å²) < 4.78 is 41.7. The summed E-state index contributed by atoms with van der Waals surface area (Å²) in [5.41, 5.74) is 6.32. The summed E-state index contributed by atoms with van der Waals surface area (Å²) in [7, 11) is 0. The molecule has 0 amide bonds. The van der Waals surface area contributed by atoms with Gasteiger partial charge in [-0.3, -0.25) is 4.57 Å². The predicted octanol–water partition coefficient (Wildman–Crippen LogP) is 3.34. The number of nitrogens with zero attached hydrogens (tertiary/aromatic N) is 2. The highest BCUT2D eigenvalue weighted by molar-refractivity contribution is 5.37. The van der Waals surface area contributed by atoms with Gasteiger partial charge in [0.2, 0.25) is 0 Å². The van der Waals surface area contributed by atoms with E-state index in [1.807, 2.05) is 13.8 Å². The van der Waals surface area contributed by atoms with Crippen LogP contribution in [0.3, 0.4) is 0 Å². The van der Waals surface area contributed by atoms with Crippen LogP contribution in [0.1, 0.15) is 32.0 Å². The molecule has 2 rings (SSSR count). The fourth-order valence-corrected chi connectivity index (χ4v) is 2.13. The van der Waals surface area contributed by atoms with E-state index in [1.54, 1.807) is 0 Å². The van der Waals surface area contributed by atoms with Gasteiger partial charge >= 0.3 is 0 Å². The minimum atomic E-state index is -1.24. The van der Waals surface area contributed by atoms with E-state index in [4.69, 9.17) is 5.73 Å². The second-order valence-electron chi connectivity index (χ2n) is 5.15. The molecule has 2 N–H and O–H groups in total. The average Bonchev–Trinajstić information content (AvgIpc) is 2.81. The Labute approximate surface area is 115 Å². The van der Waals surface area contributed by atoms with Crippen LogP contribution in [0, 0.1) is 23.4 Å². The van der Waals surface area contributed by atoms with Gasteiger partial charge in [-0.05, 0) is 12.3 Å². The maximum Gasteiger partial charge on any atom is 0.183 e. The second kappa shape index (κ2) is 5.66. The van der Waals surface area contributed by atoms with Crippen molar-refractivity contribution in [2.75, 3.05) is 0 Å². The lowest BCUT2D eigenvalue weighted by Crippen LogP contribution is -2.17. The van der Waals surface area contributed by atoms with Gasteiger partial charge in [-0.25, -0.2) is 18.2 Å². The molecule has 0 aliphatic carbocycles. The SMILES string of the molecule is CC(C)CC(N)c1cncn1-c1cc(F)cc(F)c1F. The molecule has 1 aromatic carbocycles. The summed E-state index contributed by atoms with van der Waals surface area (Å²) >= 11 is 0. The van der Waals surface area contributed by atoms with Gasteiger partial charge in [0.1, 0.15) is 5.82 Å². The van der Waals surface area contributed by atoms with Crippen LogP contribution in [0.25, 0.3) is 5.69 Å². The first kappa shape index (κ1) is 14.6. The Morgan fingerprint density at radius 2 is 1.95 bits per heavy atom. The molecule has 0 fully saturated rings. The zero-order chi connectivity index (χ0) is 14.9. The molecule has 1 heterocycles. The van der Waals surface area contributed by atoms with Gasteiger partial charge in [0.15, 0.2) is 11.6 Å². The number of imidazole rings is 1. The summed E-state index contributed by atoms with van der Waals surface area (Å²) in [6, 6.07) is 1.04. The molecule has 20 heavy (non-hydrogen) atoms. The van der Waals surface area contributed by atoms with Crippen LogP contribution in [0.15, 0.2) is 24.7 Å². The van der Waals surface area contributed by atoms with Gasteiger partial charge in [0, 0.05) is 18.2 Å². The zero-order valence-electron chi connectivity index (χ0n) is 11.3. The summed E-state index contributed by atoms with van der Waals surface area (Å²) in [6.07, 6.45) is 3.44. The monoisotopic (exact) mass is 283 g/mol. The minimum Gasteiger partial charge on any atom is -0.323 e. The summed E-state index contributed by atoms with van der Waals surface area (Å²) in [5.74, 6) is -2.88. The number of benzene rings is 1. The number of hydrogen-bond acceptors (Lipinski definition) is 2. The van der Waals surface area contributed by atoms with E-state index < -0.39 is 17.5 Å². The Kier molecular flexibility index (Phi) is 4.13. The molecule has 2 aromatic rings. The third-order valence-corrected chi connectivity index (χ3v) is 3.01. The number of rotatable bonds is 4. The highest BCUT2D eigenvalue weighted by atomic mass is 19.2. The van der Waals surface area contributed by atoms with E-state index >= 15 is 0 Å². The summed E-state index contributed by atoms with van der Waals surface area (Å²) in [4.78, 5) is 3.90. The van der Waals surface area contributed by atoms with Crippen molar-refractivity contribution < 1.29 is 13.2 Å². The molecule has 0 aliphatic heterocycles. The molecule has 0 aliphatic rings. The van der Waals surface area contributed by atoms with Crippen molar-refractivity contribution >= 4 is 0 Å². The maximum absolute atomic E-state index is 13.8. The zero-order valence-corrected chi connectivity index (χ0v) is 11.3. The first-order valence-corrected chi connectivity index (χ1v) is 6.33. The molecule has 1 atom stereocenters. The predicted molar refractivity (Wildman–Crippen MR) is 69.8 cm³/mol. The Balaban J connectivity index is 2.47. The highest BCUT2D eigenvalue weighted by Crippen LogP contribution is 2.24. The van der Waals surface area contributed by atoms with Gasteiger partial charge in [0.25, 0.3) is 0 Å². The minimum absolute atomic E-state index is 0.228. The lowest BCUT2D eigenvalue weighted by Gasteiger charge is -2.17. The van der Waals surface area contributed by atoms with Crippen LogP contribution in [-0.2, 0) is 0 Å². The quantitative estimate of drug-likeness (QED) is 0.875. The highest BCUT2D eigenvalue weighted by Gasteiger charge is 2.19. The second-order valence-corrected chi connectivity index (χ2v) is 5.15. The summed E-state index contributed by atoms with van der Waals surface area (Å²) in [5, 5.41) is 0. The lowest BCUT2D eigenvalue weighted by molar-refractivity contribution is 0.479. The largest absolute Gasteiger partial charge is 0.323 e. The Morgan fingerprint density at radius 1 is 1.25 bits per heavy atom. The molecule has 108 valence electrons. The van der Waals surface area contributed by atoms with E-state index in [1.165, 1.54) is 17.1 Å². The standard InChI is InChI=1S/C14H16F3N3/c1-8(2)3-11(18)13-6-19-7-20(13)12-5-9(15)4-10(16)14(12)17/h4-8,11H,3,18H2,1-2H3. The van der Waals surface area contributed by atoms with Crippen molar-refractivity contribution in [1.29, 1.82) is 0 Å². The molecule has 0 radical (unpaired) electrons. The van der Waals surface area contributed by atoms with Crippen LogP contribution in [0.2, 0.25) is 0 Å². The molecule has 1 unspecified atom stereocenters. The first-order chi connectivity index (χ1) is 9.40. The van der Waals surface area contributed by atoms with E-state index in [-0.39, 0.29) is 11.7 Å². The molecule has 0 spiro atoms. The summed E-state index contributed by atoms with van der Waals surface area (Å²) in [6.45, 7) is 4.01. The smallest absolute Gasteiger partial charge is 0.183 e. The molecular weight excluding hydrogens is 267 g/mol. The molecule has 3 nitrogen and oxygen atoms in total. The van der Waals surface area contributed by atoms with Crippen LogP contribution in [0.4, 0.5) is 13.2 Å². The number of aromatic nitrogens is 2. The van der Waals surface area contributed by atoms with Crippen LogP contribution >= 0.6 is 0 Å². The van der Waals surface area contributed by atoms with Crippen LogP contribution in [-0.4, -0.2) is 9.55 Å². The van der Waals surface area contributed by atoms with Gasteiger partial charge in [-0.2, -0.15) is 0 Å². The fourth-order valence-electron chi connectivity index (χ4n) is 2.13. The van der Waals surface area contributed by atoms with Crippen molar-refractivity contribution in [2.45, 2.75) is 26.3 Å². The molecular formula is C14H16F3N3. The lowest BCUT2D eigenvalue weighted by atomic mass is 10.0. The van der Waals surface area contributed by atoms with Crippen LogP contribution < -0.4 is 5.73 Å². The number of nitrogens with two attached hydrogens (primary N) is 1. The molecule has 0 saturated carbocycles. The van der Waals surface area contributed by atoms with Crippen molar-refractivity contribution in [1.82, 2.24) is 9.55 Å². The van der Waals surface area contributed by atoms with Gasteiger partial charge < -0.3 is 5.73 Å². The van der Waals surface area contributed by atoms with Gasteiger partial charge in [0.05, 0.1) is 23.9 Å². The van der Waals surface area contributed by atoms with Gasteiger partial charge in [-0.15, -0.1) is 0 Å². The van der Waals surface area contributed by atoms with Crippen molar-refractivity contribution in [3.63, 3.8) is 0 Å². The van der Waals surface area contributed by atoms with E-state index in [0.717, 1.165) is 6.07 Å². The van der Waals surface area contributed by atoms with Crippen LogP contribution in [0.5, 0.6) is 0 Å². The first-order valence-electron chi connectivity index (χ1n) is 6.33. The Hall–Kier alpha value is -1.82.